The molecule has 9 heavy (non-hydrogen) atoms. The zero-order valence-electron chi connectivity index (χ0n) is 5.82. The average molecular weight is 235 g/mol. The third-order valence-corrected chi connectivity index (χ3v) is 5.98. The first kappa shape index (κ1) is 8.94. The van der Waals surface area contributed by atoms with Gasteiger partial charge in [0.25, 0.3) is 0 Å². The summed E-state index contributed by atoms with van der Waals surface area (Å²) >= 11 is -2.08. The second-order valence-corrected chi connectivity index (χ2v) is 8.15. The van der Waals surface area contributed by atoms with Crippen molar-refractivity contribution in [3.05, 3.63) is 0 Å². The Morgan fingerprint density at radius 1 is 1.33 bits per heavy atom. The molecule has 3 nitrogen and oxygen atoms in total. The van der Waals surface area contributed by atoms with Crippen molar-refractivity contribution in [1.29, 1.82) is 0 Å². The van der Waals surface area contributed by atoms with Crippen molar-refractivity contribution in [1.82, 2.24) is 3.54 Å². The molecule has 0 aliphatic heterocycles. The van der Waals surface area contributed by atoms with Crippen LogP contribution in [0.3, 0.4) is 0 Å². The Kier molecular flexibility index (Phi) is 3.84. The molecule has 4 heteroatoms. The third-order valence-electron chi connectivity index (χ3n) is 0.892. The van der Waals surface area contributed by atoms with E-state index in [0.29, 0.717) is 0 Å². The van der Waals surface area contributed by atoms with Crippen LogP contribution in [-0.4, -0.2) is 29.7 Å². The SMILES string of the molecule is CC(=O)[NH][Sn]([CH3])[C](C)=O. The van der Waals surface area contributed by atoms with Gasteiger partial charge in [0, 0.05) is 0 Å². The summed E-state index contributed by atoms with van der Waals surface area (Å²) < 4.78 is 2.82. The van der Waals surface area contributed by atoms with Gasteiger partial charge >= 0.3 is 61.7 Å². The standard InChI is InChI=1S/C2H5NO.C2H3O.CH3.Sn/c1-2(3)4;1-2-3;;/h1H3,(H2,3,4);1H3;1H3;/q;;;+1/p-1. The molecule has 1 amide bonds. The molecule has 0 saturated carbocycles. The van der Waals surface area contributed by atoms with E-state index in [0.717, 1.165) is 0 Å². The Morgan fingerprint density at radius 2 is 1.78 bits per heavy atom. The molecule has 0 spiro atoms. The number of hydrogen-bond donors (Lipinski definition) is 1. The van der Waals surface area contributed by atoms with Gasteiger partial charge in [-0.05, 0) is 0 Å². The molecule has 0 fully saturated rings. The normalized spacial score (nSPS) is 9.33. The van der Waals surface area contributed by atoms with E-state index in [1.165, 1.54) is 13.8 Å². The van der Waals surface area contributed by atoms with E-state index in [9.17, 15) is 9.59 Å². The van der Waals surface area contributed by atoms with Gasteiger partial charge < -0.3 is 0 Å². The van der Waals surface area contributed by atoms with Crippen molar-refractivity contribution in [2.24, 2.45) is 0 Å². The molecule has 0 saturated heterocycles. The third kappa shape index (κ3) is 4.44. The maximum atomic E-state index is 10.6. The van der Waals surface area contributed by atoms with E-state index in [1.54, 1.807) is 0 Å². The van der Waals surface area contributed by atoms with Crippen molar-refractivity contribution in [2.75, 3.05) is 0 Å². The maximum absolute atomic E-state index is 10.6. The van der Waals surface area contributed by atoms with E-state index < -0.39 is 20.0 Å². The molecule has 1 radical (unpaired) electrons. The van der Waals surface area contributed by atoms with Gasteiger partial charge in [0.15, 0.2) is 0 Å². The fraction of sp³-hybridized carbons (Fsp3) is 0.600. The minimum atomic E-state index is -2.08. The molecule has 0 heterocycles. The van der Waals surface area contributed by atoms with E-state index in [4.69, 9.17) is 0 Å². The molecule has 0 rings (SSSR count). The molecule has 0 bridgehead atoms. The molecule has 0 atom stereocenters. The van der Waals surface area contributed by atoms with Crippen LogP contribution in [-0.2, 0) is 9.59 Å². The summed E-state index contributed by atoms with van der Waals surface area (Å²) in [6.07, 6.45) is 0. The second-order valence-electron chi connectivity index (χ2n) is 1.86. The van der Waals surface area contributed by atoms with Crippen molar-refractivity contribution in [3.8, 4) is 0 Å². The van der Waals surface area contributed by atoms with Crippen LogP contribution in [0.15, 0.2) is 0 Å². The first-order valence-electron chi connectivity index (χ1n) is 2.66. The molecule has 0 aromatic rings. The molecular formula is C5H10NO2Sn. The predicted octanol–water partition coefficient (Wildman–Crippen LogP) is -0.128. The van der Waals surface area contributed by atoms with E-state index in [1.807, 2.05) is 4.94 Å². The van der Waals surface area contributed by atoms with Crippen LogP contribution in [0, 0.1) is 0 Å². The molecule has 1 N–H and O–H groups in total. The Morgan fingerprint density at radius 3 is 1.89 bits per heavy atom. The summed E-state index contributed by atoms with van der Waals surface area (Å²) in [4.78, 5) is 22.7. The van der Waals surface area contributed by atoms with Crippen molar-refractivity contribution < 1.29 is 9.59 Å². The quantitative estimate of drug-likeness (QED) is 0.677. The number of carbonyl (C=O) groups excluding carboxylic acids is 2. The zero-order chi connectivity index (χ0) is 7.44. The summed E-state index contributed by atoms with van der Waals surface area (Å²) in [6.45, 7) is 2.97. The van der Waals surface area contributed by atoms with Crippen molar-refractivity contribution in [3.63, 3.8) is 0 Å². The molecule has 0 aliphatic rings. The first-order valence-corrected chi connectivity index (χ1v) is 8.37. The number of rotatable bonds is 2. The van der Waals surface area contributed by atoms with Crippen LogP contribution in [0.2, 0.25) is 4.94 Å². The van der Waals surface area contributed by atoms with Gasteiger partial charge in [-0.25, -0.2) is 0 Å². The van der Waals surface area contributed by atoms with Gasteiger partial charge in [-0.2, -0.15) is 0 Å². The minimum absolute atomic E-state index is 0.0814. The van der Waals surface area contributed by atoms with Gasteiger partial charge in [0.1, 0.15) is 0 Å². The summed E-state index contributed by atoms with van der Waals surface area (Å²) in [5.74, 6) is -0.0814. The Labute approximate surface area is 61.9 Å². The number of hydrogen-bond acceptors (Lipinski definition) is 2. The molecular weight excluding hydrogens is 225 g/mol. The molecule has 51 valence electrons. The van der Waals surface area contributed by atoms with Crippen molar-refractivity contribution in [2.45, 2.75) is 18.8 Å². The Balaban J connectivity index is 3.63. The summed E-state index contributed by atoms with van der Waals surface area (Å²) in [6, 6.07) is 0. The van der Waals surface area contributed by atoms with Crippen LogP contribution in [0.5, 0.6) is 0 Å². The van der Waals surface area contributed by atoms with Crippen LogP contribution >= 0.6 is 0 Å². The van der Waals surface area contributed by atoms with Crippen LogP contribution in [0.4, 0.5) is 0 Å². The van der Waals surface area contributed by atoms with E-state index >= 15 is 0 Å². The van der Waals surface area contributed by atoms with Gasteiger partial charge in [-0.15, -0.1) is 0 Å². The number of amides is 1. The fourth-order valence-electron chi connectivity index (χ4n) is 0.352. The summed E-state index contributed by atoms with van der Waals surface area (Å²) in [5.41, 5.74) is 0. The van der Waals surface area contributed by atoms with E-state index in [2.05, 4.69) is 3.54 Å². The molecule has 0 aliphatic carbocycles. The monoisotopic (exact) mass is 236 g/mol. The predicted molar refractivity (Wildman–Crippen MR) is 36.1 cm³/mol. The zero-order valence-corrected chi connectivity index (χ0v) is 8.67. The Hall–Kier alpha value is -0.0613. The number of nitrogens with one attached hydrogen (secondary N) is 1. The molecule has 0 unspecified atom stereocenters. The second kappa shape index (κ2) is 3.87. The summed E-state index contributed by atoms with van der Waals surface area (Å²) in [5, 5.41) is 0. The van der Waals surface area contributed by atoms with Crippen molar-refractivity contribution >= 4 is 29.7 Å². The first-order chi connectivity index (χ1) is 4.04. The summed E-state index contributed by atoms with van der Waals surface area (Å²) in [7, 11) is 0. The average Bonchev–Trinajstić information content (AvgIpc) is 1.63. The van der Waals surface area contributed by atoms with E-state index in [-0.39, 0.29) is 9.71 Å². The van der Waals surface area contributed by atoms with Crippen LogP contribution in [0.25, 0.3) is 0 Å². The van der Waals surface area contributed by atoms with Crippen LogP contribution in [0.1, 0.15) is 13.8 Å². The molecule has 0 aromatic carbocycles. The van der Waals surface area contributed by atoms with Crippen LogP contribution < -0.4 is 3.54 Å². The molecule has 0 aromatic heterocycles. The van der Waals surface area contributed by atoms with Gasteiger partial charge in [0.2, 0.25) is 0 Å². The van der Waals surface area contributed by atoms with Gasteiger partial charge in [-0.1, -0.05) is 0 Å². The topological polar surface area (TPSA) is 46.2 Å². The Bertz CT molecular complexity index is 135. The number of carbonyl (C=O) groups is 2. The van der Waals surface area contributed by atoms with Gasteiger partial charge in [0.05, 0.1) is 0 Å². The fourth-order valence-corrected chi connectivity index (χ4v) is 2.36. The van der Waals surface area contributed by atoms with Gasteiger partial charge in [-0.3, -0.25) is 0 Å².